The van der Waals surface area contributed by atoms with Gasteiger partial charge in [-0.1, -0.05) is 6.42 Å². The van der Waals surface area contributed by atoms with E-state index < -0.39 is 0 Å². The van der Waals surface area contributed by atoms with E-state index in [1.54, 1.807) is 13.2 Å². The molecule has 2 aliphatic rings. The first-order valence-electron chi connectivity index (χ1n) is 8.31. The largest absolute Gasteiger partial charge is 0.481 e. The lowest BCUT2D eigenvalue weighted by Gasteiger charge is -2.39. The van der Waals surface area contributed by atoms with Crippen LogP contribution in [0.4, 0.5) is 5.69 Å². The number of anilines is 1. The fraction of sp³-hybridized carbons (Fsp3) is 0.647. The van der Waals surface area contributed by atoms with Crippen LogP contribution < -0.4 is 10.1 Å². The fourth-order valence-electron chi connectivity index (χ4n) is 3.10. The average Bonchev–Trinajstić information content (AvgIpc) is 2.53. The molecule has 1 aromatic heterocycles. The van der Waals surface area contributed by atoms with Crippen molar-refractivity contribution in [3.8, 4) is 5.88 Å². The van der Waals surface area contributed by atoms with E-state index in [1.807, 2.05) is 13.0 Å². The van der Waals surface area contributed by atoms with Gasteiger partial charge in [-0.25, -0.2) is 4.98 Å². The summed E-state index contributed by atoms with van der Waals surface area (Å²) in [7, 11) is 1.58. The number of hydrogen-bond donors (Lipinski definition) is 1. The molecule has 1 aromatic rings. The van der Waals surface area contributed by atoms with Gasteiger partial charge in [0.25, 0.3) is 0 Å². The van der Waals surface area contributed by atoms with Gasteiger partial charge in [-0.15, -0.1) is 0 Å². The summed E-state index contributed by atoms with van der Waals surface area (Å²) < 4.78 is 10.6. The first kappa shape index (κ1) is 16.2. The summed E-state index contributed by atoms with van der Waals surface area (Å²) in [6, 6.07) is 3.37. The number of aryl methyl sites for hydroxylation is 1. The summed E-state index contributed by atoms with van der Waals surface area (Å²) in [6.07, 6.45) is 3.89. The van der Waals surface area contributed by atoms with Crippen LogP contribution in [0.1, 0.15) is 25.0 Å². The number of pyridine rings is 1. The molecule has 2 heterocycles. The van der Waals surface area contributed by atoms with Gasteiger partial charge in [0.2, 0.25) is 11.8 Å². The Labute approximate surface area is 137 Å². The molecular weight excluding hydrogens is 294 g/mol. The highest BCUT2D eigenvalue weighted by atomic mass is 16.5. The third kappa shape index (κ3) is 3.82. The number of nitrogens with zero attached hydrogens (tertiary/aromatic N) is 2. The number of hydrogen-bond acceptors (Lipinski definition) is 5. The van der Waals surface area contributed by atoms with Gasteiger partial charge in [-0.3, -0.25) is 9.69 Å². The van der Waals surface area contributed by atoms with Gasteiger partial charge in [0, 0.05) is 19.2 Å². The highest BCUT2D eigenvalue weighted by Gasteiger charge is 2.32. The van der Waals surface area contributed by atoms with E-state index in [-0.39, 0.29) is 11.9 Å². The lowest BCUT2D eigenvalue weighted by molar-refractivity contribution is -0.128. The second kappa shape index (κ2) is 7.27. The molecule has 1 aliphatic carbocycles. The molecule has 0 spiro atoms. The number of ether oxygens (including phenoxy) is 2. The molecule has 3 rings (SSSR count). The molecule has 6 heteroatoms. The molecule has 0 radical (unpaired) electrons. The molecule has 1 saturated heterocycles. The Bertz CT molecular complexity index is 560. The first-order valence-corrected chi connectivity index (χ1v) is 8.31. The third-order valence-corrected chi connectivity index (χ3v) is 4.79. The van der Waals surface area contributed by atoms with Crippen LogP contribution in [0.25, 0.3) is 0 Å². The van der Waals surface area contributed by atoms with E-state index in [0.717, 1.165) is 30.4 Å². The minimum Gasteiger partial charge on any atom is -0.481 e. The van der Waals surface area contributed by atoms with E-state index in [2.05, 4.69) is 15.2 Å². The van der Waals surface area contributed by atoms with Crippen molar-refractivity contribution in [3.05, 3.63) is 17.8 Å². The number of methoxy groups -OCH3 is 1. The van der Waals surface area contributed by atoms with Gasteiger partial charge in [0.05, 0.1) is 31.7 Å². The fourth-order valence-corrected chi connectivity index (χ4v) is 3.10. The van der Waals surface area contributed by atoms with E-state index in [9.17, 15) is 4.79 Å². The van der Waals surface area contributed by atoms with Crippen molar-refractivity contribution in [1.82, 2.24) is 9.88 Å². The Morgan fingerprint density at radius 2 is 2.30 bits per heavy atom. The van der Waals surface area contributed by atoms with Crippen LogP contribution in [-0.4, -0.2) is 55.2 Å². The van der Waals surface area contributed by atoms with Gasteiger partial charge in [-0.2, -0.15) is 0 Å². The minimum atomic E-state index is -0.217. The molecule has 0 bridgehead atoms. The number of carbonyl (C=O) groups is 1. The molecule has 2 fully saturated rings. The molecule has 1 saturated carbocycles. The van der Waals surface area contributed by atoms with Crippen LogP contribution in [0.5, 0.6) is 5.88 Å². The second-order valence-electron chi connectivity index (χ2n) is 6.36. The smallest absolute Gasteiger partial charge is 0.244 e. The van der Waals surface area contributed by atoms with Crippen molar-refractivity contribution in [2.45, 2.75) is 32.2 Å². The predicted molar refractivity (Wildman–Crippen MR) is 87.7 cm³/mol. The van der Waals surface area contributed by atoms with Crippen LogP contribution in [0, 0.1) is 12.8 Å². The van der Waals surface area contributed by atoms with Crippen LogP contribution in [0.3, 0.4) is 0 Å². The molecule has 23 heavy (non-hydrogen) atoms. The van der Waals surface area contributed by atoms with E-state index in [1.165, 1.54) is 19.3 Å². The van der Waals surface area contributed by atoms with Gasteiger partial charge in [-0.05, 0) is 31.7 Å². The molecule has 126 valence electrons. The summed E-state index contributed by atoms with van der Waals surface area (Å²) in [5.74, 6) is 1.28. The predicted octanol–water partition coefficient (Wildman–Crippen LogP) is 1.84. The minimum absolute atomic E-state index is 0.0147. The number of carbonyl (C=O) groups excluding carboxylic acids is 1. The lowest BCUT2D eigenvalue weighted by atomic mass is 9.84. The monoisotopic (exact) mass is 319 g/mol. The molecule has 1 atom stereocenters. The summed E-state index contributed by atoms with van der Waals surface area (Å²) in [6.45, 7) is 4.86. The van der Waals surface area contributed by atoms with Crippen molar-refractivity contribution in [1.29, 1.82) is 0 Å². The standard InChI is InChI=1S/C17H25N3O3/c1-12-14(6-7-16(18-12)22-2)19-17(21)15-11-23-9-8-20(15)10-13-4-3-5-13/h6-7,13,15H,3-5,8-11H2,1-2H3,(H,19,21)/t15-/m0/s1. The Morgan fingerprint density at radius 3 is 2.96 bits per heavy atom. The number of rotatable bonds is 5. The maximum absolute atomic E-state index is 12.7. The zero-order valence-corrected chi connectivity index (χ0v) is 13.9. The molecule has 1 amide bonds. The van der Waals surface area contributed by atoms with Crippen LogP contribution >= 0.6 is 0 Å². The number of aromatic nitrogens is 1. The lowest BCUT2D eigenvalue weighted by Crippen LogP contribution is -2.53. The summed E-state index contributed by atoms with van der Waals surface area (Å²) in [5.41, 5.74) is 1.48. The third-order valence-electron chi connectivity index (χ3n) is 4.79. The second-order valence-corrected chi connectivity index (χ2v) is 6.36. The topological polar surface area (TPSA) is 63.7 Å². The highest BCUT2D eigenvalue weighted by Crippen LogP contribution is 2.28. The van der Waals surface area contributed by atoms with Crippen molar-refractivity contribution in [3.63, 3.8) is 0 Å². The summed E-state index contributed by atoms with van der Waals surface area (Å²) >= 11 is 0. The van der Waals surface area contributed by atoms with Gasteiger partial charge >= 0.3 is 0 Å². The van der Waals surface area contributed by atoms with Gasteiger partial charge in [0.1, 0.15) is 6.04 Å². The molecule has 6 nitrogen and oxygen atoms in total. The zero-order valence-electron chi connectivity index (χ0n) is 13.9. The molecule has 1 N–H and O–H groups in total. The van der Waals surface area contributed by atoms with Crippen molar-refractivity contribution in [2.24, 2.45) is 5.92 Å². The maximum atomic E-state index is 12.7. The van der Waals surface area contributed by atoms with Crippen LogP contribution in [0.15, 0.2) is 12.1 Å². The highest BCUT2D eigenvalue weighted by molar-refractivity contribution is 5.95. The number of amides is 1. The summed E-state index contributed by atoms with van der Waals surface area (Å²) in [4.78, 5) is 19.3. The van der Waals surface area contributed by atoms with E-state index in [0.29, 0.717) is 19.1 Å². The molecule has 0 unspecified atom stereocenters. The number of morpholine rings is 1. The van der Waals surface area contributed by atoms with Crippen molar-refractivity contribution < 1.29 is 14.3 Å². The van der Waals surface area contributed by atoms with Crippen LogP contribution in [0.2, 0.25) is 0 Å². The first-order chi connectivity index (χ1) is 11.2. The van der Waals surface area contributed by atoms with E-state index in [4.69, 9.17) is 9.47 Å². The summed E-state index contributed by atoms with van der Waals surface area (Å²) in [5, 5.41) is 2.99. The van der Waals surface area contributed by atoms with Gasteiger partial charge in [0.15, 0.2) is 0 Å². The van der Waals surface area contributed by atoms with E-state index >= 15 is 0 Å². The quantitative estimate of drug-likeness (QED) is 0.897. The number of nitrogens with one attached hydrogen (secondary N) is 1. The van der Waals surface area contributed by atoms with Crippen molar-refractivity contribution in [2.75, 3.05) is 38.7 Å². The molecule has 1 aliphatic heterocycles. The zero-order chi connectivity index (χ0) is 16.2. The normalized spacial score (nSPS) is 22.4. The average molecular weight is 319 g/mol. The Balaban J connectivity index is 1.65. The molecular formula is C17H25N3O3. The Morgan fingerprint density at radius 1 is 1.48 bits per heavy atom. The maximum Gasteiger partial charge on any atom is 0.244 e. The van der Waals surface area contributed by atoms with Crippen molar-refractivity contribution >= 4 is 11.6 Å². The SMILES string of the molecule is COc1ccc(NC(=O)[C@@H]2COCCN2CC2CCC2)c(C)n1. The Hall–Kier alpha value is -1.66. The van der Waals surface area contributed by atoms with Gasteiger partial charge < -0.3 is 14.8 Å². The van der Waals surface area contributed by atoms with Crippen LogP contribution in [-0.2, 0) is 9.53 Å². The Kier molecular flexibility index (Phi) is 5.13. The molecule has 0 aromatic carbocycles.